The van der Waals surface area contributed by atoms with E-state index in [-0.39, 0.29) is 23.9 Å². The summed E-state index contributed by atoms with van der Waals surface area (Å²) in [4.78, 5) is 25.9. The SMILES string of the molecule is CCC(CC)N1C(=O)CC(NCc2cscc2C)C1=O. The van der Waals surface area contributed by atoms with Gasteiger partial charge in [0.1, 0.15) is 0 Å². The molecular weight excluding hydrogens is 272 g/mol. The van der Waals surface area contributed by atoms with Gasteiger partial charge in [-0.2, -0.15) is 11.3 Å². The van der Waals surface area contributed by atoms with Crippen LogP contribution in [0.5, 0.6) is 0 Å². The van der Waals surface area contributed by atoms with Crippen molar-refractivity contribution in [2.45, 2.75) is 58.7 Å². The summed E-state index contributed by atoms with van der Waals surface area (Å²) in [7, 11) is 0. The van der Waals surface area contributed by atoms with Crippen LogP contribution in [0, 0.1) is 6.92 Å². The maximum atomic E-state index is 12.4. The number of aryl methyl sites for hydroxylation is 1. The molecule has 0 aromatic carbocycles. The van der Waals surface area contributed by atoms with Crippen molar-refractivity contribution in [2.24, 2.45) is 0 Å². The van der Waals surface area contributed by atoms with Crippen LogP contribution in [0.25, 0.3) is 0 Å². The highest BCUT2D eigenvalue weighted by atomic mass is 32.1. The van der Waals surface area contributed by atoms with Crippen molar-refractivity contribution in [1.82, 2.24) is 10.2 Å². The van der Waals surface area contributed by atoms with Gasteiger partial charge in [-0.05, 0) is 41.7 Å². The van der Waals surface area contributed by atoms with Crippen molar-refractivity contribution in [3.63, 3.8) is 0 Å². The van der Waals surface area contributed by atoms with Gasteiger partial charge in [-0.1, -0.05) is 13.8 Å². The van der Waals surface area contributed by atoms with E-state index in [4.69, 9.17) is 0 Å². The molecule has 0 saturated carbocycles. The molecule has 1 unspecified atom stereocenters. The van der Waals surface area contributed by atoms with Crippen molar-refractivity contribution < 1.29 is 9.59 Å². The van der Waals surface area contributed by atoms with Gasteiger partial charge in [0, 0.05) is 12.6 Å². The van der Waals surface area contributed by atoms with E-state index in [2.05, 4.69) is 23.0 Å². The number of carbonyl (C=O) groups excluding carboxylic acids is 2. The number of nitrogens with one attached hydrogen (secondary N) is 1. The van der Waals surface area contributed by atoms with Crippen molar-refractivity contribution in [3.05, 3.63) is 21.9 Å². The third-order valence-corrected chi connectivity index (χ3v) is 4.90. The molecule has 0 aliphatic carbocycles. The predicted octanol–water partition coefficient (Wildman–Crippen LogP) is 2.46. The van der Waals surface area contributed by atoms with Crippen molar-refractivity contribution in [2.75, 3.05) is 0 Å². The fourth-order valence-electron chi connectivity index (χ4n) is 2.65. The zero-order valence-corrected chi connectivity index (χ0v) is 13.1. The third kappa shape index (κ3) is 2.94. The predicted molar refractivity (Wildman–Crippen MR) is 80.5 cm³/mol. The smallest absolute Gasteiger partial charge is 0.247 e. The molecule has 1 aliphatic rings. The van der Waals surface area contributed by atoms with Gasteiger partial charge < -0.3 is 5.32 Å². The third-order valence-electron chi connectivity index (χ3n) is 3.99. The molecule has 0 bridgehead atoms. The average molecular weight is 294 g/mol. The Morgan fingerprint density at radius 1 is 1.35 bits per heavy atom. The van der Waals surface area contributed by atoms with Gasteiger partial charge in [-0.25, -0.2) is 0 Å². The second-order valence-electron chi connectivity index (χ2n) is 5.29. The Balaban J connectivity index is 1.99. The zero-order valence-electron chi connectivity index (χ0n) is 12.3. The van der Waals surface area contributed by atoms with Gasteiger partial charge >= 0.3 is 0 Å². The summed E-state index contributed by atoms with van der Waals surface area (Å²) in [6, 6.07) is -0.313. The van der Waals surface area contributed by atoms with E-state index in [0.717, 1.165) is 12.8 Å². The van der Waals surface area contributed by atoms with Gasteiger partial charge in [-0.15, -0.1) is 0 Å². The molecule has 20 heavy (non-hydrogen) atoms. The minimum Gasteiger partial charge on any atom is -0.301 e. The number of thiophene rings is 1. The topological polar surface area (TPSA) is 49.4 Å². The normalized spacial score (nSPS) is 19.4. The summed E-state index contributed by atoms with van der Waals surface area (Å²) in [5.41, 5.74) is 2.44. The number of hydrogen-bond donors (Lipinski definition) is 1. The van der Waals surface area contributed by atoms with Gasteiger partial charge in [-0.3, -0.25) is 14.5 Å². The van der Waals surface area contributed by atoms with E-state index < -0.39 is 0 Å². The molecule has 1 fully saturated rings. The largest absolute Gasteiger partial charge is 0.301 e. The number of likely N-dealkylation sites (tertiary alicyclic amines) is 1. The first-order chi connectivity index (χ1) is 9.58. The lowest BCUT2D eigenvalue weighted by Gasteiger charge is -2.24. The molecule has 2 rings (SSSR count). The summed E-state index contributed by atoms with van der Waals surface area (Å²) >= 11 is 1.66. The lowest BCUT2D eigenvalue weighted by atomic mass is 10.1. The van der Waals surface area contributed by atoms with E-state index in [1.54, 1.807) is 11.3 Å². The van der Waals surface area contributed by atoms with Crippen LogP contribution in [0.3, 0.4) is 0 Å². The van der Waals surface area contributed by atoms with Crippen LogP contribution in [-0.4, -0.2) is 28.8 Å². The standard InChI is InChI=1S/C15H22N2O2S/c1-4-12(5-2)17-14(18)6-13(15(17)19)16-7-11-9-20-8-10(11)3/h8-9,12-13,16H,4-7H2,1-3H3. The molecule has 1 aromatic rings. The highest BCUT2D eigenvalue weighted by molar-refractivity contribution is 7.08. The summed E-state index contributed by atoms with van der Waals surface area (Å²) in [6.07, 6.45) is 1.94. The minimum absolute atomic E-state index is 0.0387. The Kier molecular flexibility index (Phi) is 4.94. The summed E-state index contributed by atoms with van der Waals surface area (Å²) in [5, 5.41) is 7.41. The van der Waals surface area contributed by atoms with Crippen LogP contribution < -0.4 is 5.32 Å². The second-order valence-corrected chi connectivity index (χ2v) is 6.03. The van der Waals surface area contributed by atoms with Crippen molar-refractivity contribution in [1.29, 1.82) is 0 Å². The maximum absolute atomic E-state index is 12.4. The molecule has 1 N–H and O–H groups in total. The van der Waals surface area contributed by atoms with E-state index in [0.29, 0.717) is 13.0 Å². The Morgan fingerprint density at radius 2 is 2.05 bits per heavy atom. The Bertz CT molecular complexity index is 494. The minimum atomic E-state index is -0.359. The number of rotatable bonds is 6. The van der Waals surface area contributed by atoms with Crippen LogP contribution in [0.4, 0.5) is 0 Å². The summed E-state index contributed by atoms with van der Waals surface area (Å²) in [5.74, 6) is -0.0974. The first-order valence-corrected chi connectivity index (χ1v) is 8.13. The van der Waals surface area contributed by atoms with E-state index >= 15 is 0 Å². The highest BCUT2D eigenvalue weighted by Gasteiger charge is 2.40. The van der Waals surface area contributed by atoms with E-state index in [1.165, 1.54) is 16.0 Å². The summed E-state index contributed by atoms with van der Waals surface area (Å²) in [6.45, 7) is 6.75. The molecule has 4 nitrogen and oxygen atoms in total. The second kappa shape index (κ2) is 6.50. The highest BCUT2D eigenvalue weighted by Crippen LogP contribution is 2.21. The number of imide groups is 1. The van der Waals surface area contributed by atoms with Crippen LogP contribution in [0.2, 0.25) is 0 Å². The van der Waals surface area contributed by atoms with Crippen molar-refractivity contribution in [3.8, 4) is 0 Å². The molecule has 0 spiro atoms. The molecule has 5 heteroatoms. The van der Waals surface area contributed by atoms with Crippen LogP contribution in [-0.2, 0) is 16.1 Å². The zero-order chi connectivity index (χ0) is 14.7. The fourth-order valence-corrected chi connectivity index (χ4v) is 3.51. The molecule has 2 heterocycles. The molecule has 1 atom stereocenters. The van der Waals surface area contributed by atoms with Gasteiger partial charge in [0.05, 0.1) is 12.5 Å². The molecule has 2 amide bonds. The van der Waals surface area contributed by atoms with Crippen LogP contribution in [0.1, 0.15) is 44.2 Å². The lowest BCUT2D eigenvalue weighted by molar-refractivity contribution is -0.141. The van der Waals surface area contributed by atoms with Crippen molar-refractivity contribution >= 4 is 23.2 Å². The molecular formula is C15H22N2O2S. The Morgan fingerprint density at radius 3 is 2.60 bits per heavy atom. The molecule has 1 aliphatic heterocycles. The Labute approximate surface area is 124 Å². The first kappa shape index (κ1) is 15.2. The first-order valence-electron chi connectivity index (χ1n) is 7.19. The number of amides is 2. The van der Waals surface area contributed by atoms with E-state index in [9.17, 15) is 9.59 Å². The van der Waals surface area contributed by atoms with Gasteiger partial charge in [0.2, 0.25) is 11.8 Å². The molecule has 1 saturated heterocycles. The number of carbonyl (C=O) groups is 2. The molecule has 1 aromatic heterocycles. The van der Waals surface area contributed by atoms with Crippen LogP contribution >= 0.6 is 11.3 Å². The fraction of sp³-hybridized carbons (Fsp3) is 0.600. The number of nitrogens with zero attached hydrogens (tertiary/aromatic N) is 1. The van der Waals surface area contributed by atoms with Gasteiger partial charge in [0.25, 0.3) is 0 Å². The van der Waals surface area contributed by atoms with Crippen LogP contribution in [0.15, 0.2) is 10.8 Å². The maximum Gasteiger partial charge on any atom is 0.247 e. The monoisotopic (exact) mass is 294 g/mol. The van der Waals surface area contributed by atoms with Gasteiger partial charge in [0.15, 0.2) is 0 Å². The molecule has 110 valence electrons. The molecule has 0 radical (unpaired) electrons. The summed E-state index contributed by atoms with van der Waals surface area (Å²) < 4.78 is 0. The lowest BCUT2D eigenvalue weighted by Crippen LogP contribution is -2.43. The Hall–Kier alpha value is -1.20. The van der Waals surface area contributed by atoms with E-state index in [1.807, 2.05) is 13.8 Å². The number of hydrogen-bond acceptors (Lipinski definition) is 4. The average Bonchev–Trinajstić information content (AvgIpc) is 2.95. The quantitative estimate of drug-likeness (QED) is 0.820.